The lowest BCUT2D eigenvalue weighted by atomic mass is 10.1. The molecule has 0 amide bonds. The molecule has 0 aliphatic rings. The zero-order valence-corrected chi connectivity index (χ0v) is 10.8. The van der Waals surface area contributed by atoms with Gasteiger partial charge in [0.1, 0.15) is 11.6 Å². The fraction of sp³-hybridized carbons (Fsp3) is 0.429. The zero-order chi connectivity index (χ0) is 12.8. The molecule has 96 valence electrons. The summed E-state index contributed by atoms with van der Waals surface area (Å²) >= 11 is 0. The number of rotatable bonds is 6. The largest absolute Gasteiger partial charge is 0.324 e. The van der Waals surface area contributed by atoms with Gasteiger partial charge < -0.3 is 10.3 Å². The Balaban J connectivity index is 1.92. The van der Waals surface area contributed by atoms with Crippen LogP contribution in [0.3, 0.4) is 0 Å². The Morgan fingerprint density at radius 2 is 1.78 bits per heavy atom. The molecular formula is C14H20N4. The Hall–Kier alpha value is -1.68. The van der Waals surface area contributed by atoms with Crippen molar-refractivity contribution in [2.45, 2.75) is 39.3 Å². The highest BCUT2D eigenvalue weighted by molar-refractivity contribution is 5.14. The van der Waals surface area contributed by atoms with Crippen molar-refractivity contribution in [1.82, 2.24) is 14.8 Å². The number of benzene rings is 1. The SMILES string of the molecule is CCn1c(CN)nnc1CCCc1ccccc1. The predicted molar refractivity (Wildman–Crippen MR) is 72.1 cm³/mol. The second kappa shape index (κ2) is 6.31. The van der Waals surface area contributed by atoms with Gasteiger partial charge in [0.05, 0.1) is 6.54 Å². The molecular weight excluding hydrogens is 224 g/mol. The molecule has 0 fully saturated rings. The van der Waals surface area contributed by atoms with E-state index < -0.39 is 0 Å². The third kappa shape index (κ3) is 2.96. The number of hydrogen-bond acceptors (Lipinski definition) is 3. The second-order valence-electron chi connectivity index (χ2n) is 4.32. The second-order valence-corrected chi connectivity index (χ2v) is 4.32. The average molecular weight is 244 g/mol. The van der Waals surface area contributed by atoms with Gasteiger partial charge in [-0.2, -0.15) is 0 Å². The first-order chi connectivity index (χ1) is 8.85. The molecule has 18 heavy (non-hydrogen) atoms. The summed E-state index contributed by atoms with van der Waals surface area (Å²) in [6.45, 7) is 3.45. The highest BCUT2D eigenvalue weighted by Gasteiger charge is 2.08. The van der Waals surface area contributed by atoms with Crippen LogP contribution < -0.4 is 5.73 Å². The Bertz CT molecular complexity index is 476. The van der Waals surface area contributed by atoms with Crippen LogP contribution in [0.2, 0.25) is 0 Å². The minimum absolute atomic E-state index is 0.458. The summed E-state index contributed by atoms with van der Waals surface area (Å²) in [7, 11) is 0. The monoisotopic (exact) mass is 244 g/mol. The summed E-state index contributed by atoms with van der Waals surface area (Å²) in [5.41, 5.74) is 7.01. The maximum absolute atomic E-state index is 5.64. The lowest BCUT2D eigenvalue weighted by Gasteiger charge is -2.06. The summed E-state index contributed by atoms with van der Waals surface area (Å²) in [5.74, 6) is 1.93. The van der Waals surface area contributed by atoms with Gasteiger partial charge in [-0.05, 0) is 25.3 Å². The highest BCUT2D eigenvalue weighted by atomic mass is 15.3. The summed E-state index contributed by atoms with van der Waals surface area (Å²) in [4.78, 5) is 0. The van der Waals surface area contributed by atoms with Crippen LogP contribution in [0.25, 0.3) is 0 Å². The van der Waals surface area contributed by atoms with Crippen LogP contribution in [0.5, 0.6) is 0 Å². The van der Waals surface area contributed by atoms with Crippen LogP contribution >= 0.6 is 0 Å². The fourth-order valence-corrected chi connectivity index (χ4v) is 2.17. The molecule has 1 heterocycles. The number of hydrogen-bond donors (Lipinski definition) is 1. The molecule has 1 aromatic carbocycles. The third-order valence-electron chi connectivity index (χ3n) is 3.11. The molecule has 2 aromatic rings. The van der Waals surface area contributed by atoms with Gasteiger partial charge >= 0.3 is 0 Å². The number of aryl methyl sites for hydroxylation is 2. The topological polar surface area (TPSA) is 56.7 Å². The summed E-state index contributed by atoms with van der Waals surface area (Å²) in [5, 5.41) is 8.34. The molecule has 4 nitrogen and oxygen atoms in total. The van der Waals surface area contributed by atoms with E-state index in [0.717, 1.165) is 37.5 Å². The van der Waals surface area contributed by atoms with E-state index in [-0.39, 0.29) is 0 Å². The molecule has 1 aromatic heterocycles. The van der Waals surface area contributed by atoms with Crippen LogP contribution in [0.4, 0.5) is 0 Å². The van der Waals surface area contributed by atoms with Gasteiger partial charge in [0.15, 0.2) is 0 Å². The van der Waals surface area contributed by atoms with Gasteiger partial charge in [-0.3, -0.25) is 0 Å². The molecule has 0 aliphatic carbocycles. The molecule has 0 saturated heterocycles. The lowest BCUT2D eigenvalue weighted by molar-refractivity contribution is 0.641. The molecule has 0 saturated carbocycles. The normalized spacial score (nSPS) is 10.8. The standard InChI is InChI=1S/C14H20N4/c1-2-18-13(16-17-14(18)11-15)10-6-9-12-7-4-3-5-8-12/h3-5,7-8H,2,6,9-11,15H2,1H3. The van der Waals surface area contributed by atoms with Crippen molar-refractivity contribution in [2.75, 3.05) is 0 Å². The molecule has 0 spiro atoms. The highest BCUT2D eigenvalue weighted by Crippen LogP contribution is 2.08. The van der Waals surface area contributed by atoms with E-state index in [1.165, 1.54) is 5.56 Å². The van der Waals surface area contributed by atoms with Crippen molar-refractivity contribution in [2.24, 2.45) is 5.73 Å². The van der Waals surface area contributed by atoms with Crippen LogP contribution in [0, 0.1) is 0 Å². The minimum Gasteiger partial charge on any atom is -0.324 e. The first kappa shape index (κ1) is 12.8. The fourth-order valence-electron chi connectivity index (χ4n) is 2.17. The van der Waals surface area contributed by atoms with Crippen LogP contribution in [-0.4, -0.2) is 14.8 Å². The first-order valence-electron chi connectivity index (χ1n) is 6.50. The molecule has 0 atom stereocenters. The van der Waals surface area contributed by atoms with Gasteiger partial charge in [-0.25, -0.2) is 0 Å². The average Bonchev–Trinajstić information content (AvgIpc) is 2.82. The predicted octanol–water partition coefficient (Wildman–Crippen LogP) is 1.93. The summed E-state index contributed by atoms with van der Waals surface area (Å²) < 4.78 is 2.12. The Kier molecular flexibility index (Phi) is 4.47. The van der Waals surface area contributed by atoms with Gasteiger partial charge in [0.25, 0.3) is 0 Å². The van der Waals surface area contributed by atoms with Crippen molar-refractivity contribution in [3.63, 3.8) is 0 Å². The molecule has 2 rings (SSSR count). The van der Waals surface area contributed by atoms with E-state index in [1.807, 2.05) is 6.07 Å². The number of nitrogens with zero attached hydrogens (tertiary/aromatic N) is 3. The van der Waals surface area contributed by atoms with E-state index in [4.69, 9.17) is 5.73 Å². The van der Waals surface area contributed by atoms with Crippen molar-refractivity contribution < 1.29 is 0 Å². The maximum atomic E-state index is 5.64. The van der Waals surface area contributed by atoms with E-state index in [0.29, 0.717) is 6.54 Å². The van der Waals surface area contributed by atoms with Crippen LogP contribution in [0.15, 0.2) is 30.3 Å². The minimum atomic E-state index is 0.458. The lowest BCUT2D eigenvalue weighted by Crippen LogP contribution is -2.10. The molecule has 0 radical (unpaired) electrons. The first-order valence-corrected chi connectivity index (χ1v) is 6.50. The van der Waals surface area contributed by atoms with E-state index in [2.05, 4.69) is 46.0 Å². The third-order valence-corrected chi connectivity index (χ3v) is 3.11. The van der Waals surface area contributed by atoms with Crippen molar-refractivity contribution in [1.29, 1.82) is 0 Å². The van der Waals surface area contributed by atoms with Crippen LogP contribution in [0.1, 0.15) is 30.6 Å². The Morgan fingerprint density at radius 3 is 2.44 bits per heavy atom. The molecule has 0 aliphatic heterocycles. The van der Waals surface area contributed by atoms with E-state index >= 15 is 0 Å². The zero-order valence-electron chi connectivity index (χ0n) is 10.8. The molecule has 2 N–H and O–H groups in total. The molecule has 0 bridgehead atoms. The van der Waals surface area contributed by atoms with Gasteiger partial charge in [-0.1, -0.05) is 30.3 Å². The van der Waals surface area contributed by atoms with Crippen molar-refractivity contribution in [3.05, 3.63) is 47.5 Å². The van der Waals surface area contributed by atoms with E-state index in [9.17, 15) is 0 Å². The quantitative estimate of drug-likeness (QED) is 0.844. The molecule has 0 unspecified atom stereocenters. The maximum Gasteiger partial charge on any atom is 0.146 e. The van der Waals surface area contributed by atoms with Crippen molar-refractivity contribution >= 4 is 0 Å². The summed E-state index contributed by atoms with van der Waals surface area (Å²) in [6, 6.07) is 10.5. The van der Waals surface area contributed by atoms with Gasteiger partial charge in [0.2, 0.25) is 0 Å². The van der Waals surface area contributed by atoms with E-state index in [1.54, 1.807) is 0 Å². The molecule has 4 heteroatoms. The smallest absolute Gasteiger partial charge is 0.146 e. The van der Waals surface area contributed by atoms with Crippen LogP contribution in [-0.2, 0) is 25.9 Å². The Morgan fingerprint density at radius 1 is 1.06 bits per heavy atom. The van der Waals surface area contributed by atoms with Gasteiger partial charge in [-0.15, -0.1) is 10.2 Å². The number of nitrogens with two attached hydrogens (primary N) is 1. The van der Waals surface area contributed by atoms with Crippen molar-refractivity contribution in [3.8, 4) is 0 Å². The summed E-state index contributed by atoms with van der Waals surface area (Å²) in [6.07, 6.45) is 3.12. The van der Waals surface area contributed by atoms with Gasteiger partial charge in [0, 0.05) is 13.0 Å². The Labute approximate surface area is 108 Å². The number of aromatic nitrogens is 3.